The lowest BCUT2D eigenvalue weighted by atomic mass is 9.79. The van der Waals surface area contributed by atoms with E-state index in [4.69, 9.17) is 17.3 Å². The molecule has 124 valence electrons. The van der Waals surface area contributed by atoms with Crippen LogP contribution in [0.15, 0.2) is 12.1 Å². The summed E-state index contributed by atoms with van der Waals surface area (Å²) >= 11 is 0. The molecule has 1 aromatic rings. The fourth-order valence-electron chi connectivity index (χ4n) is 4.22. The van der Waals surface area contributed by atoms with Crippen molar-refractivity contribution in [2.45, 2.75) is 58.8 Å². The highest BCUT2D eigenvalue weighted by atomic mass is 16.5. The first-order valence-corrected chi connectivity index (χ1v) is 8.99. The van der Waals surface area contributed by atoms with Gasteiger partial charge in [0, 0.05) is 42.6 Å². The SMILES string of the molecule is [B]c1cc2c3c(c1)C(OCC)CC(C(C)C)N3CCC2OCC. The smallest absolute Gasteiger partial charge is 0.113 e. The molecule has 0 fully saturated rings. The molecular formula is C19H28BNO2. The van der Waals surface area contributed by atoms with Crippen LogP contribution in [0.2, 0.25) is 0 Å². The number of hydrogen-bond donors (Lipinski definition) is 0. The molecule has 2 heterocycles. The van der Waals surface area contributed by atoms with Crippen LogP contribution in [0.4, 0.5) is 5.69 Å². The van der Waals surface area contributed by atoms with E-state index < -0.39 is 0 Å². The molecule has 0 N–H and O–H groups in total. The first kappa shape index (κ1) is 16.8. The van der Waals surface area contributed by atoms with Crippen molar-refractivity contribution in [2.75, 3.05) is 24.7 Å². The Morgan fingerprint density at radius 3 is 2.35 bits per heavy atom. The van der Waals surface area contributed by atoms with Gasteiger partial charge in [-0.2, -0.15) is 0 Å². The van der Waals surface area contributed by atoms with Crippen LogP contribution >= 0.6 is 0 Å². The summed E-state index contributed by atoms with van der Waals surface area (Å²) in [6, 6.07) is 4.73. The van der Waals surface area contributed by atoms with E-state index in [1.165, 1.54) is 16.8 Å². The first-order chi connectivity index (χ1) is 11.1. The van der Waals surface area contributed by atoms with Crippen LogP contribution in [0, 0.1) is 5.92 Å². The maximum Gasteiger partial charge on any atom is 0.113 e. The van der Waals surface area contributed by atoms with Crippen molar-refractivity contribution < 1.29 is 9.47 Å². The number of nitrogens with zero attached hydrogens (tertiary/aromatic N) is 1. The molecular weight excluding hydrogens is 285 g/mol. The minimum absolute atomic E-state index is 0.140. The van der Waals surface area contributed by atoms with E-state index in [0.717, 1.165) is 38.1 Å². The predicted molar refractivity (Wildman–Crippen MR) is 95.8 cm³/mol. The van der Waals surface area contributed by atoms with E-state index in [2.05, 4.69) is 44.7 Å². The van der Waals surface area contributed by atoms with Gasteiger partial charge in [-0.15, -0.1) is 0 Å². The fourth-order valence-corrected chi connectivity index (χ4v) is 4.22. The Morgan fingerprint density at radius 1 is 1.13 bits per heavy atom. The van der Waals surface area contributed by atoms with E-state index in [0.29, 0.717) is 12.0 Å². The molecule has 0 amide bonds. The molecule has 0 spiro atoms. The standard InChI is InChI=1S/C19H28BNO2/c1-5-22-17-7-8-21-16(12(3)4)11-18(23-6-2)15-10-13(20)9-14(17)19(15)21/h9-10,12,16-18H,5-8,11H2,1-4H3. The van der Waals surface area contributed by atoms with Gasteiger partial charge < -0.3 is 14.4 Å². The molecule has 2 aliphatic heterocycles. The Kier molecular flexibility index (Phi) is 5.03. The number of anilines is 1. The van der Waals surface area contributed by atoms with Crippen molar-refractivity contribution in [3.63, 3.8) is 0 Å². The number of hydrogen-bond acceptors (Lipinski definition) is 3. The Hall–Kier alpha value is -0.995. The van der Waals surface area contributed by atoms with E-state index in [1.807, 2.05) is 0 Å². The van der Waals surface area contributed by atoms with Crippen molar-refractivity contribution in [3.05, 3.63) is 23.3 Å². The molecule has 0 saturated heterocycles. The maximum absolute atomic E-state index is 6.21. The second-order valence-corrected chi connectivity index (χ2v) is 6.97. The van der Waals surface area contributed by atoms with E-state index >= 15 is 0 Å². The van der Waals surface area contributed by atoms with Crippen molar-refractivity contribution >= 4 is 19.0 Å². The predicted octanol–water partition coefficient (Wildman–Crippen LogP) is 3.27. The summed E-state index contributed by atoms with van der Waals surface area (Å²) in [7, 11) is 6.21. The molecule has 1 aromatic carbocycles. The molecule has 3 rings (SSSR count). The molecule has 0 aliphatic carbocycles. The molecule has 23 heavy (non-hydrogen) atoms. The summed E-state index contributed by atoms with van der Waals surface area (Å²) in [5, 5.41) is 0. The van der Waals surface area contributed by atoms with E-state index in [1.54, 1.807) is 0 Å². The second kappa shape index (κ2) is 6.86. The molecule has 0 saturated carbocycles. The normalized spacial score (nSPS) is 26.5. The number of ether oxygens (including phenoxy) is 2. The average Bonchev–Trinajstić information content (AvgIpc) is 2.51. The maximum atomic E-state index is 6.21. The van der Waals surface area contributed by atoms with Crippen molar-refractivity contribution in [1.29, 1.82) is 0 Å². The van der Waals surface area contributed by atoms with Gasteiger partial charge in [0.1, 0.15) is 7.85 Å². The van der Waals surface area contributed by atoms with Crippen LogP contribution in [-0.2, 0) is 9.47 Å². The Bertz CT molecular complexity index is 543. The lowest BCUT2D eigenvalue weighted by Crippen LogP contribution is -2.48. The Labute approximate surface area is 141 Å². The van der Waals surface area contributed by atoms with E-state index in [-0.39, 0.29) is 12.2 Å². The minimum Gasteiger partial charge on any atom is -0.374 e. The van der Waals surface area contributed by atoms with Crippen LogP contribution in [-0.4, -0.2) is 33.6 Å². The first-order valence-electron chi connectivity index (χ1n) is 8.99. The molecule has 0 aromatic heterocycles. The highest BCUT2D eigenvalue weighted by molar-refractivity contribution is 6.32. The quantitative estimate of drug-likeness (QED) is 0.779. The molecule has 2 aliphatic rings. The lowest BCUT2D eigenvalue weighted by molar-refractivity contribution is 0.0330. The highest BCUT2D eigenvalue weighted by Gasteiger charge is 2.40. The third kappa shape index (κ3) is 3.03. The number of rotatable bonds is 5. The van der Waals surface area contributed by atoms with Crippen LogP contribution in [0.5, 0.6) is 0 Å². The molecule has 3 atom stereocenters. The van der Waals surface area contributed by atoms with E-state index in [9.17, 15) is 0 Å². The number of benzene rings is 1. The summed E-state index contributed by atoms with van der Waals surface area (Å²) in [5.41, 5.74) is 4.65. The van der Waals surface area contributed by atoms with Crippen molar-refractivity contribution in [2.24, 2.45) is 5.92 Å². The molecule has 3 nitrogen and oxygen atoms in total. The van der Waals surface area contributed by atoms with Crippen LogP contribution < -0.4 is 10.4 Å². The summed E-state index contributed by atoms with van der Waals surface area (Å²) in [4.78, 5) is 2.58. The van der Waals surface area contributed by atoms with Crippen LogP contribution in [0.3, 0.4) is 0 Å². The fraction of sp³-hybridized carbons (Fsp3) is 0.684. The summed E-state index contributed by atoms with van der Waals surface area (Å²) in [6.07, 6.45) is 2.37. The largest absolute Gasteiger partial charge is 0.374 e. The highest BCUT2D eigenvalue weighted by Crippen LogP contribution is 2.48. The van der Waals surface area contributed by atoms with Gasteiger partial charge in [-0.05, 0) is 32.6 Å². The van der Waals surface area contributed by atoms with Crippen molar-refractivity contribution in [3.8, 4) is 0 Å². The molecule has 2 radical (unpaired) electrons. The molecule has 0 bridgehead atoms. The zero-order chi connectivity index (χ0) is 16.6. The third-order valence-electron chi connectivity index (χ3n) is 5.17. The second-order valence-electron chi connectivity index (χ2n) is 6.97. The summed E-state index contributed by atoms with van der Waals surface area (Å²) in [5.74, 6) is 0.597. The van der Waals surface area contributed by atoms with Gasteiger partial charge in [0.15, 0.2) is 0 Å². The van der Waals surface area contributed by atoms with Gasteiger partial charge in [0.2, 0.25) is 0 Å². The monoisotopic (exact) mass is 313 g/mol. The third-order valence-corrected chi connectivity index (χ3v) is 5.17. The Morgan fingerprint density at radius 2 is 1.74 bits per heavy atom. The Balaban J connectivity index is 2.11. The van der Waals surface area contributed by atoms with Gasteiger partial charge in [-0.1, -0.05) is 31.4 Å². The topological polar surface area (TPSA) is 21.7 Å². The zero-order valence-corrected chi connectivity index (χ0v) is 14.8. The zero-order valence-electron chi connectivity index (χ0n) is 14.8. The van der Waals surface area contributed by atoms with Gasteiger partial charge >= 0.3 is 0 Å². The lowest BCUT2D eigenvalue weighted by Gasteiger charge is -2.48. The average molecular weight is 313 g/mol. The van der Waals surface area contributed by atoms with Gasteiger partial charge in [-0.3, -0.25) is 0 Å². The summed E-state index contributed by atoms with van der Waals surface area (Å²) in [6.45, 7) is 11.3. The van der Waals surface area contributed by atoms with Gasteiger partial charge in [-0.25, -0.2) is 0 Å². The van der Waals surface area contributed by atoms with Crippen molar-refractivity contribution in [1.82, 2.24) is 0 Å². The van der Waals surface area contributed by atoms with Crippen LogP contribution in [0.25, 0.3) is 0 Å². The van der Waals surface area contributed by atoms with Gasteiger partial charge in [0.25, 0.3) is 0 Å². The summed E-state index contributed by atoms with van der Waals surface area (Å²) < 4.78 is 12.1. The van der Waals surface area contributed by atoms with Gasteiger partial charge in [0.05, 0.1) is 12.2 Å². The van der Waals surface area contributed by atoms with Crippen LogP contribution in [0.1, 0.15) is 63.9 Å². The molecule has 3 unspecified atom stereocenters. The molecule has 4 heteroatoms. The minimum atomic E-state index is 0.140.